The second-order valence-corrected chi connectivity index (χ2v) is 8.99. The maximum atomic E-state index is 11.8. The Morgan fingerprint density at radius 2 is 1.95 bits per heavy atom. The number of aliphatic carboxylic acids is 1. The summed E-state index contributed by atoms with van der Waals surface area (Å²) >= 11 is 0. The zero-order chi connectivity index (χ0) is 15.6. The second-order valence-electron chi connectivity index (χ2n) is 6.66. The largest absolute Gasteiger partial charge is 0.480 e. The van der Waals surface area contributed by atoms with E-state index in [-0.39, 0.29) is 11.3 Å². The van der Waals surface area contributed by atoms with Gasteiger partial charge in [0, 0.05) is 12.3 Å². The summed E-state index contributed by atoms with van der Waals surface area (Å²) in [6.07, 6.45) is 7.17. The van der Waals surface area contributed by atoms with E-state index in [9.17, 15) is 18.3 Å². The van der Waals surface area contributed by atoms with Gasteiger partial charge in [0.15, 0.2) is 0 Å². The van der Waals surface area contributed by atoms with Crippen LogP contribution >= 0.6 is 0 Å². The van der Waals surface area contributed by atoms with Gasteiger partial charge in [-0.05, 0) is 44.6 Å². The molecule has 0 amide bonds. The van der Waals surface area contributed by atoms with Crippen molar-refractivity contribution in [3.8, 4) is 0 Å². The Hall–Kier alpha value is -0.620. The summed E-state index contributed by atoms with van der Waals surface area (Å²) in [4.78, 5) is 13.7. The van der Waals surface area contributed by atoms with Crippen molar-refractivity contribution < 1.29 is 18.3 Å². The molecular formula is C15H27NO4S. The van der Waals surface area contributed by atoms with Crippen LogP contribution in [-0.4, -0.2) is 54.5 Å². The zero-order valence-corrected chi connectivity index (χ0v) is 13.8. The quantitative estimate of drug-likeness (QED) is 0.857. The van der Waals surface area contributed by atoms with E-state index in [1.807, 2.05) is 0 Å². The maximum Gasteiger partial charge on any atom is 0.320 e. The van der Waals surface area contributed by atoms with Crippen molar-refractivity contribution >= 4 is 15.8 Å². The highest BCUT2D eigenvalue weighted by Crippen LogP contribution is 2.33. The van der Waals surface area contributed by atoms with Crippen LogP contribution in [0.15, 0.2) is 0 Å². The molecule has 1 heterocycles. The molecule has 1 saturated heterocycles. The fourth-order valence-corrected chi connectivity index (χ4v) is 5.08. The molecule has 0 spiro atoms. The van der Waals surface area contributed by atoms with Crippen molar-refractivity contribution in [1.29, 1.82) is 0 Å². The molecule has 0 aromatic carbocycles. The van der Waals surface area contributed by atoms with Gasteiger partial charge in [0.25, 0.3) is 0 Å². The molecule has 1 aliphatic carbocycles. The highest BCUT2D eigenvalue weighted by atomic mass is 32.2. The first-order valence-corrected chi connectivity index (χ1v) is 9.95. The van der Waals surface area contributed by atoms with Gasteiger partial charge in [-0.3, -0.25) is 9.69 Å². The van der Waals surface area contributed by atoms with E-state index in [0.29, 0.717) is 18.8 Å². The van der Waals surface area contributed by atoms with Gasteiger partial charge in [0.2, 0.25) is 0 Å². The lowest BCUT2D eigenvalue weighted by molar-refractivity contribution is -0.147. The SMILES string of the molecule is CCC1CCN(C2CCCC(S(C)(=O)=O)C2)C(C(=O)O)C1. The Morgan fingerprint density at radius 3 is 2.52 bits per heavy atom. The van der Waals surface area contributed by atoms with E-state index in [1.54, 1.807) is 0 Å². The van der Waals surface area contributed by atoms with Crippen LogP contribution in [-0.2, 0) is 14.6 Å². The molecule has 0 aromatic rings. The number of carbonyl (C=O) groups is 1. The van der Waals surface area contributed by atoms with E-state index in [1.165, 1.54) is 6.26 Å². The molecule has 2 aliphatic rings. The molecule has 4 unspecified atom stereocenters. The lowest BCUT2D eigenvalue weighted by atomic mass is 9.85. The maximum absolute atomic E-state index is 11.8. The highest BCUT2D eigenvalue weighted by molar-refractivity contribution is 7.91. The Kier molecular flexibility index (Phi) is 5.30. The van der Waals surface area contributed by atoms with Gasteiger partial charge in [-0.15, -0.1) is 0 Å². The van der Waals surface area contributed by atoms with Gasteiger partial charge in [0.05, 0.1) is 5.25 Å². The van der Waals surface area contributed by atoms with Crippen LogP contribution in [0.1, 0.15) is 51.9 Å². The minimum absolute atomic E-state index is 0.109. The Bertz CT molecular complexity index is 476. The molecule has 4 atom stereocenters. The van der Waals surface area contributed by atoms with E-state index in [0.717, 1.165) is 38.6 Å². The van der Waals surface area contributed by atoms with Gasteiger partial charge in [0.1, 0.15) is 15.9 Å². The third-order valence-electron chi connectivity index (χ3n) is 5.29. The molecule has 1 aliphatic heterocycles. The molecule has 0 aromatic heterocycles. The number of sulfone groups is 1. The number of nitrogens with zero attached hydrogens (tertiary/aromatic N) is 1. The standard InChI is InChI=1S/C15H27NO4S/c1-3-11-7-8-16(14(9-11)15(17)18)12-5-4-6-13(10-12)21(2,19)20/h11-14H,3-10H2,1-2H3,(H,17,18). The number of carboxylic acids is 1. The monoisotopic (exact) mass is 317 g/mol. The summed E-state index contributed by atoms with van der Waals surface area (Å²) < 4.78 is 23.6. The molecule has 2 rings (SSSR count). The first kappa shape index (κ1) is 16.7. The van der Waals surface area contributed by atoms with Crippen LogP contribution in [0.2, 0.25) is 0 Å². The summed E-state index contributed by atoms with van der Waals surface area (Å²) in [7, 11) is -3.02. The number of hydrogen-bond donors (Lipinski definition) is 1. The Morgan fingerprint density at radius 1 is 1.24 bits per heavy atom. The molecule has 6 heteroatoms. The third-order valence-corrected chi connectivity index (χ3v) is 6.93. The van der Waals surface area contributed by atoms with E-state index < -0.39 is 21.8 Å². The number of carboxylic acid groups (broad SMARTS) is 1. The van der Waals surface area contributed by atoms with Gasteiger partial charge < -0.3 is 5.11 Å². The number of likely N-dealkylation sites (tertiary alicyclic amines) is 1. The first-order chi connectivity index (χ1) is 9.82. The second kappa shape index (κ2) is 6.65. The van der Waals surface area contributed by atoms with E-state index in [2.05, 4.69) is 11.8 Å². The fourth-order valence-electron chi connectivity index (χ4n) is 3.92. The van der Waals surface area contributed by atoms with Crippen LogP contribution in [0, 0.1) is 5.92 Å². The fraction of sp³-hybridized carbons (Fsp3) is 0.933. The summed E-state index contributed by atoms with van der Waals surface area (Å²) in [5, 5.41) is 9.22. The average Bonchev–Trinajstić information content (AvgIpc) is 2.45. The normalized spacial score (nSPS) is 35.5. The summed E-state index contributed by atoms with van der Waals surface area (Å²) in [5.41, 5.74) is 0. The van der Waals surface area contributed by atoms with Crippen LogP contribution < -0.4 is 0 Å². The summed E-state index contributed by atoms with van der Waals surface area (Å²) in [6, 6.07) is -0.329. The number of piperidine rings is 1. The van der Waals surface area contributed by atoms with E-state index >= 15 is 0 Å². The van der Waals surface area contributed by atoms with Crippen LogP contribution in [0.3, 0.4) is 0 Å². The third kappa shape index (κ3) is 3.97. The van der Waals surface area contributed by atoms with Gasteiger partial charge in [-0.25, -0.2) is 8.42 Å². The molecule has 2 fully saturated rings. The predicted octanol–water partition coefficient (Wildman–Crippen LogP) is 1.92. The van der Waals surface area contributed by atoms with Gasteiger partial charge in [-0.2, -0.15) is 0 Å². The smallest absolute Gasteiger partial charge is 0.320 e. The van der Waals surface area contributed by atoms with Crippen LogP contribution in [0.4, 0.5) is 0 Å². The van der Waals surface area contributed by atoms with Gasteiger partial charge in [-0.1, -0.05) is 19.8 Å². The van der Waals surface area contributed by atoms with Crippen molar-refractivity contribution in [2.24, 2.45) is 5.92 Å². The topological polar surface area (TPSA) is 74.7 Å². The highest BCUT2D eigenvalue weighted by Gasteiger charge is 2.39. The van der Waals surface area contributed by atoms with Crippen LogP contribution in [0.25, 0.3) is 0 Å². The van der Waals surface area contributed by atoms with Crippen molar-refractivity contribution in [3.63, 3.8) is 0 Å². The molecular weight excluding hydrogens is 290 g/mol. The molecule has 0 radical (unpaired) electrons. The lowest BCUT2D eigenvalue weighted by Crippen LogP contribution is -2.54. The van der Waals surface area contributed by atoms with Crippen molar-refractivity contribution in [1.82, 2.24) is 4.90 Å². The predicted molar refractivity (Wildman–Crippen MR) is 82.0 cm³/mol. The molecule has 5 nitrogen and oxygen atoms in total. The zero-order valence-electron chi connectivity index (χ0n) is 13.0. The molecule has 1 saturated carbocycles. The van der Waals surface area contributed by atoms with Crippen molar-refractivity contribution in [3.05, 3.63) is 0 Å². The number of hydrogen-bond acceptors (Lipinski definition) is 4. The summed E-state index contributed by atoms with van der Waals surface area (Å²) in [6.45, 7) is 2.90. The Balaban J connectivity index is 2.10. The lowest BCUT2D eigenvalue weighted by Gasteiger charge is -2.44. The van der Waals surface area contributed by atoms with Crippen molar-refractivity contribution in [2.45, 2.75) is 69.2 Å². The minimum atomic E-state index is -3.02. The van der Waals surface area contributed by atoms with Gasteiger partial charge >= 0.3 is 5.97 Å². The molecule has 1 N–H and O–H groups in total. The Labute approximate surface area is 127 Å². The number of rotatable bonds is 4. The average molecular weight is 317 g/mol. The van der Waals surface area contributed by atoms with Crippen LogP contribution in [0.5, 0.6) is 0 Å². The minimum Gasteiger partial charge on any atom is -0.480 e. The first-order valence-electron chi connectivity index (χ1n) is 8.00. The molecule has 0 bridgehead atoms. The van der Waals surface area contributed by atoms with Crippen molar-refractivity contribution in [2.75, 3.05) is 12.8 Å². The molecule has 21 heavy (non-hydrogen) atoms. The summed E-state index contributed by atoms with van der Waals surface area (Å²) in [5.74, 6) is -0.272. The molecule has 122 valence electrons. The van der Waals surface area contributed by atoms with E-state index in [4.69, 9.17) is 0 Å².